The maximum Gasteiger partial charge on any atom is 0.255 e. The normalized spacial score (nSPS) is 20.0. The number of piperidine rings is 3. The molecule has 2 aromatic carbocycles. The molecule has 6 heterocycles. The molecule has 14 nitrogen and oxygen atoms in total. The molecule has 4 aliphatic rings. The fourth-order valence-corrected chi connectivity index (χ4v) is 10.5. The summed E-state index contributed by atoms with van der Waals surface area (Å²) in [6.07, 6.45) is 5.32. The van der Waals surface area contributed by atoms with Gasteiger partial charge in [-0.15, -0.1) is 0 Å². The fraction of sp³-hybridized carbons (Fsp3) is 0.512. The molecule has 4 fully saturated rings. The standard InChI is InChI=1S/C43H51F3N10O4S/c1-24(2)56-25(3)48-40-33(45)15-27(17-37(40)56)39-34(46)19-47-43(51-39)49-29-9-13-55(14-10-29)61-30-21-53(22-30)20-26-7-11-54(12-8-26)36-18-31(28(23-57)16-32(36)44)42(60)52(4)35-5-6-38(58)50-41(35)59/h15-19,23-24,26,29-30,35H,5-14,20-22H2,1-4H3,(H,47,49,51)(H,50,58,59). The SMILES string of the molecule is Cc1nc2c(F)cc(-c3nc(NC4CCN(SC5CN(CC6CCN(c7cc(C(=O)N(C)C8CCC(=O)NC8=O)c(C=O)cc7F)CC6)C5)CC4)ncc3F)cc2n1C(C)C. The highest BCUT2D eigenvalue weighted by molar-refractivity contribution is 7.97. The predicted molar refractivity (Wildman–Crippen MR) is 227 cm³/mol. The second kappa shape index (κ2) is 17.7. The Morgan fingerprint density at radius 3 is 2.41 bits per heavy atom. The highest BCUT2D eigenvalue weighted by Gasteiger charge is 2.36. The third-order valence-electron chi connectivity index (χ3n) is 12.4. The monoisotopic (exact) mass is 860 g/mol. The molecule has 1 atom stereocenters. The first kappa shape index (κ1) is 42.6. The van der Waals surface area contributed by atoms with Crippen LogP contribution in [0.5, 0.6) is 0 Å². The Hall–Kier alpha value is -5.07. The summed E-state index contributed by atoms with van der Waals surface area (Å²) in [6, 6.07) is 4.83. The number of nitrogens with one attached hydrogen (secondary N) is 2. The summed E-state index contributed by atoms with van der Waals surface area (Å²) in [6.45, 7) is 11.8. The Balaban J connectivity index is 0.784. The molecule has 0 spiro atoms. The molecule has 324 valence electrons. The summed E-state index contributed by atoms with van der Waals surface area (Å²) in [5, 5.41) is 6.13. The number of benzene rings is 2. The Kier molecular flexibility index (Phi) is 12.4. The van der Waals surface area contributed by atoms with E-state index in [1.54, 1.807) is 6.07 Å². The van der Waals surface area contributed by atoms with Crippen molar-refractivity contribution in [2.24, 2.45) is 5.92 Å². The van der Waals surface area contributed by atoms with Gasteiger partial charge in [-0.2, -0.15) is 0 Å². The predicted octanol–water partition coefficient (Wildman–Crippen LogP) is 5.61. The van der Waals surface area contributed by atoms with E-state index in [0.717, 1.165) is 70.7 Å². The number of aryl methyl sites for hydroxylation is 1. The van der Waals surface area contributed by atoms with Crippen molar-refractivity contribution in [2.75, 3.05) is 63.1 Å². The fourth-order valence-electron chi connectivity index (χ4n) is 9.14. The average Bonchev–Trinajstić information content (AvgIpc) is 3.57. The second-order valence-electron chi connectivity index (χ2n) is 17.0. The second-order valence-corrected chi connectivity index (χ2v) is 18.3. The number of fused-ring (bicyclic) bond motifs is 1. The molecule has 0 bridgehead atoms. The Morgan fingerprint density at radius 2 is 1.72 bits per heavy atom. The zero-order chi connectivity index (χ0) is 43.1. The summed E-state index contributed by atoms with van der Waals surface area (Å²) in [5.74, 6) is -1.82. The lowest BCUT2D eigenvalue weighted by molar-refractivity contribution is -0.136. The van der Waals surface area contributed by atoms with Crippen LogP contribution in [-0.2, 0) is 9.59 Å². The molecule has 4 aliphatic heterocycles. The van der Waals surface area contributed by atoms with Crippen molar-refractivity contribution in [1.82, 2.24) is 38.9 Å². The molecule has 4 saturated heterocycles. The number of halogens is 3. The van der Waals surface area contributed by atoms with Crippen molar-refractivity contribution in [1.29, 1.82) is 0 Å². The third kappa shape index (κ3) is 8.98. The van der Waals surface area contributed by atoms with E-state index >= 15 is 13.2 Å². The first-order valence-electron chi connectivity index (χ1n) is 21.0. The van der Waals surface area contributed by atoms with Crippen LogP contribution < -0.4 is 15.5 Å². The van der Waals surface area contributed by atoms with Crippen molar-refractivity contribution >= 4 is 58.6 Å². The number of carbonyl (C=O) groups excluding carboxylic acids is 4. The third-order valence-corrected chi connectivity index (χ3v) is 13.7. The van der Waals surface area contributed by atoms with Gasteiger partial charge in [0.15, 0.2) is 17.9 Å². The molecule has 0 aliphatic carbocycles. The number of carbonyl (C=O) groups is 4. The number of imide groups is 1. The Morgan fingerprint density at radius 1 is 0.984 bits per heavy atom. The van der Waals surface area contributed by atoms with Crippen LogP contribution in [0, 0.1) is 30.3 Å². The van der Waals surface area contributed by atoms with Crippen LogP contribution in [0.15, 0.2) is 30.5 Å². The first-order chi connectivity index (χ1) is 29.3. The largest absolute Gasteiger partial charge is 0.369 e. The number of rotatable bonds is 12. The maximum atomic E-state index is 15.3. The van der Waals surface area contributed by atoms with Gasteiger partial charge in [0.2, 0.25) is 17.8 Å². The van der Waals surface area contributed by atoms with Crippen molar-refractivity contribution in [3.63, 3.8) is 0 Å². The van der Waals surface area contributed by atoms with E-state index in [1.807, 2.05) is 42.2 Å². The molecular formula is C43H51F3N10O4S. The van der Waals surface area contributed by atoms with Crippen molar-refractivity contribution in [3.05, 3.63) is 64.9 Å². The highest BCUT2D eigenvalue weighted by atomic mass is 32.2. The minimum Gasteiger partial charge on any atom is -0.369 e. The van der Waals surface area contributed by atoms with Gasteiger partial charge in [0.05, 0.1) is 23.0 Å². The number of anilines is 2. The van der Waals surface area contributed by atoms with Gasteiger partial charge in [-0.05, 0) is 83.1 Å². The van der Waals surface area contributed by atoms with Crippen LogP contribution in [0.1, 0.15) is 85.0 Å². The maximum absolute atomic E-state index is 15.3. The Bertz CT molecular complexity index is 2340. The molecular weight excluding hydrogens is 810 g/mol. The van der Waals surface area contributed by atoms with Gasteiger partial charge in [0, 0.05) is 87.7 Å². The summed E-state index contributed by atoms with van der Waals surface area (Å²) in [4.78, 5) is 68.1. The number of hydrogen-bond acceptors (Lipinski definition) is 12. The highest BCUT2D eigenvalue weighted by Crippen LogP contribution is 2.34. The van der Waals surface area contributed by atoms with Gasteiger partial charge in [-0.3, -0.25) is 28.8 Å². The molecule has 0 radical (unpaired) electrons. The number of likely N-dealkylation sites (tertiary alicyclic amines) is 1. The van der Waals surface area contributed by atoms with E-state index in [9.17, 15) is 19.2 Å². The minimum atomic E-state index is -0.863. The summed E-state index contributed by atoms with van der Waals surface area (Å²) >= 11 is 1.90. The van der Waals surface area contributed by atoms with E-state index in [0.29, 0.717) is 53.4 Å². The number of imidazole rings is 1. The molecule has 18 heteroatoms. The lowest BCUT2D eigenvalue weighted by Gasteiger charge is -2.44. The average molecular weight is 861 g/mol. The van der Waals surface area contributed by atoms with Crippen LogP contribution in [0.3, 0.4) is 0 Å². The number of likely N-dealkylation sites (N-methyl/N-ethyl adjacent to an activating group) is 1. The lowest BCUT2D eigenvalue weighted by Crippen LogP contribution is -2.53. The summed E-state index contributed by atoms with van der Waals surface area (Å²) in [5.41, 5.74) is 1.42. The molecule has 2 aromatic heterocycles. The minimum absolute atomic E-state index is 0.0239. The van der Waals surface area contributed by atoms with Crippen molar-refractivity contribution in [2.45, 2.75) is 82.7 Å². The van der Waals surface area contributed by atoms with E-state index < -0.39 is 41.2 Å². The molecule has 61 heavy (non-hydrogen) atoms. The number of hydrogen-bond donors (Lipinski definition) is 2. The number of nitrogens with zero attached hydrogens (tertiary/aromatic N) is 8. The Labute approximate surface area is 356 Å². The molecule has 0 saturated carbocycles. The van der Waals surface area contributed by atoms with Gasteiger partial charge in [-0.25, -0.2) is 28.1 Å². The van der Waals surface area contributed by atoms with Gasteiger partial charge >= 0.3 is 0 Å². The smallest absolute Gasteiger partial charge is 0.255 e. The van der Waals surface area contributed by atoms with E-state index in [-0.39, 0.29) is 53.0 Å². The van der Waals surface area contributed by atoms with Crippen LogP contribution in [-0.4, -0.2) is 128 Å². The van der Waals surface area contributed by atoms with Crippen LogP contribution in [0.4, 0.5) is 24.8 Å². The molecule has 2 N–H and O–H groups in total. The summed E-state index contributed by atoms with van der Waals surface area (Å²) < 4.78 is 49.9. The van der Waals surface area contributed by atoms with Gasteiger partial charge in [-0.1, -0.05) is 11.9 Å². The number of aldehydes is 1. The van der Waals surface area contributed by atoms with Crippen LogP contribution in [0.25, 0.3) is 22.3 Å². The first-order valence-corrected chi connectivity index (χ1v) is 21.9. The number of amides is 3. The van der Waals surface area contributed by atoms with E-state index in [2.05, 4.69) is 34.8 Å². The van der Waals surface area contributed by atoms with E-state index in [1.165, 1.54) is 24.1 Å². The lowest BCUT2D eigenvalue weighted by atomic mass is 9.94. The zero-order valence-corrected chi connectivity index (χ0v) is 35.6. The van der Waals surface area contributed by atoms with Gasteiger partial charge < -0.3 is 24.6 Å². The topological polar surface area (TPSA) is 149 Å². The van der Waals surface area contributed by atoms with Crippen molar-refractivity contribution in [3.8, 4) is 11.3 Å². The van der Waals surface area contributed by atoms with Crippen molar-refractivity contribution < 1.29 is 32.3 Å². The van der Waals surface area contributed by atoms with Gasteiger partial charge in [0.25, 0.3) is 5.91 Å². The molecule has 4 aromatic rings. The summed E-state index contributed by atoms with van der Waals surface area (Å²) in [7, 11) is 1.45. The van der Waals surface area contributed by atoms with Crippen LogP contribution in [0.2, 0.25) is 0 Å². The zero-order valence-electron chi connectivity index (χ0n) is 34.8. The number of aromatic nitrogens is 4. The molecule has 1 unspecified atom stereocenters. The molecule has 8 rings (SSSR count). The quantitative estimate of drug-likeness (QED) is 0.104. The molecule has 3 amide bonds. The van der Waals surface area contributed by atoms with Gasteiger partial charge in [0.1, 0.15) is 28.9 Å². The van der Waals surface area contributed by atoms with E-state index in [4.69, 9.17) is 0 Å². The van der Waals surface area contributed by atoms with Crippen LogP contribution >= 0.6 is 11.9 Å².